The van der Waals surface area contributed by atoms with E-state index in [1.807, 2.05) is 24.4 Å². The minimum Gasteiger partial charge on any atom is -0.492 e. The molecule has 0 radical (unpaired) electrons. The van der Waals surface area contributed by atoms with Crippen molar-refractivity contribution in [1.82, 2.24) is 15.2 Å². The van der Waals surface area contributed by atoms with Gasteiger partial charge in [-0.1, -0.05) is 12.1 Å². The number of aromatic nitrogens is 1. The number of hydrogen-bond donors (Lipinski definition) is 1. The quantitative estimate of drug-likeness (QED) is 0.504. The van der Waals surface area contributed by atoms with Crippen LogP contribution in [0.5, 0.6) is 5.75 Å². The summed E-state index contributed by atoms with van der Waals surface area (Å²) < 4.78 is 18.7. The van der Waals surface area contributed by atoms with Gasteiger partial charge >= 0.3 is 0 Å². The van der Waals surface area contributed by atoms with Crippen LogP contribution in [0.4, 0.5) is 10.2 Å². The number of anilines is 1. The summed E-state index contributed by atoms with van der Waals surface area (Å²) in [6.07, 6.45) is 1.82. The molecule has 3 rings (SSSR count). The molecule has 1 N–H and O–H groups in total. The number of hydrogen-bond acceptors (Lipinski definition) is 4. The van der Waals surface area contributed by atoms with Crippen molar-refractivity contribution in [3.63, 3.8) is 0 Å². The predicted molar refractivity (Wildman–Crippen MR) is 101 cm³/mol. The van der Waals surface area contributed by atoms with Gasteiger partial charge in [0.15, 0.2) is 5.96 Å². The summed E-state index contributed by atoms with van der Waals surface area (Å²) in [6.45, 7) is 4.59. The molecule has 0 atom stereocenters. The normalized spacial score (nSPS) is 15.1. The number of rotatable bonds is 5. The monoisotopic (exact) mass is 357 g/mol. The second-order valence-corrected chi connectivity index (χ2v) is 5.94. The Labute approximate surface area is 153 Å². The van der Waals surface area contributed by atoms with Crippen LogP contribution in [0.3, 0.4) is 0 Å². The highest BCUT2D eigenvalue weighted by molar-refractivity contribution is 5.80. The molecule has 6 nitrogen and oxygen atoms in total. The number of benzene rings is 1. The van der Waals surface area contributed by atoms with Crippen LogP contribution < -0.4 is 15.0 Å². The molecule has 0 amide bonds. The van der Waals surface area contributed by atoms with E-state index in [9.17, 15) is 4.39 Å². The first kappa shape index (κ1) is 18.0. The minimum absolute atomic E-state index is 0.294. The fourth-order valence-corrected chi connectivity index (χ4v) is 2.91. The summed E-state index contributed by atoms with van der Waals surface area (Å²) in [6, 6.07) is 12.1. The Hall–Kier alpha value is -2.83. The fraction of sp³-hybridized carbons (Fsp3) is 0.368. The summed E-state index contributed by atoms with van der Waals surface area (Å²) in [5.74, 6) is 2.11. The molecule has 0 aliphatic carbocycles. The number of aliphatic imine (C=N–C) groups is 1. The van der Waals surface area contributed by atoms with E-state index in [-0.39, 0.29) is 5.82 Å². The molecule has 0 saturated carbocycles. The molecule has 1 fully saturated rings. The van der Waals surface area contributed by atoms with E-state index in [1.165, 1.54) is 12.1 Å². The maximum absolute atomic E-state index is 13.1. The summed E-state index contributed by atoms with van der Waals surface area (Å²) in [7, 11) is 1.78. The highest BCUT2D eigenvalue weighted by Crippen LogP contribution is 2.13. The predicted octanol–water partition coefficient (Wildman–Crippen LogP) is 2.00. The van der Waals surface area contributed by atoms with Crippen molar-refractivity contribution < 1.29 is 9.13 Å². The molecule has 1 aliphatic rings. The van der Waals surface area contributed by atoms with Crippen molar-refractivity contribution in [2.45, 2.75) is 0 Å². The van der Waals surface area contributed by atoms with Gasteiger partial charge < -0.3 is 19.9 Å². The zero-order valence-corrected chi connectivity index (χ0v) is 14.9. The molecule has 7 heteroatoms. The molecule has 1 aliphatic heterocycles. The molecule has 0 bridgehead atoms. The second-order valence-electron chi connectivity index (χ2n) is 5.94. The lowest BCUT2D eigenvalue weighted by Gasteiger charge is -2.37. The highest BCUT2D eigenvalue weighted by atomic mass is 19.1. The van der Waals surface area contributed by atoms with E-state index >= 15 is 0 Å². The number of halogens is 1. The smallest absolute Gasteiger partial charge is 0.193 e. The first-order valence-electron chi connectivity index (χ1n) is 8.76. The number of pyridine rings is 1. The van der Waals surface area contributed by atoms with Crippen molar-refractivity contribution in [3.8, 4) is 5.75 Å². The maximum atomic E-state index is 13.1. The Balaban J connectivity index is 1.42. The molecule has 1 saturated heterocycles. The minimum atomic E-state index is -0.294. The van der Waals surface area contributed by atoms with Gasteiger partial charge in [0.2, 0.25) is 0 Å². The van der Waals surface area contributed by atoms with Crippen molar-refractivity contribution in [2.75, 3.05) is 51.3 Å². The van der Waals surface area contributed by atoms with Gasteiger partial charge in [-0.15, -0.1) is 0 Å². The fourth-order valence-electron chi connectivity index (χ4n) is 2.91. The Kier molecular flexibility index (Phi) is 6.24. The van der Waals surface area contributed by atoms with Gasteiger partial charge in [0, 0.05) is 45.5 Å². The number of piperazine rings is 1. The molecule has 2 heterocycles. The van der Waals surface area contributed by atoms with Crippen LogP contribution >= 0.6 is 0 Å². The molecule has 26 heavy (non-hydrogen) atoms. The third kappa shape index (κ3) is 4.84. The Morgan fingerprint density at radius 3 is 2.73 bits per heavy atom. The highest BCUT2D eigenvalue weighted by Gasteiger charge is 2.20. The van der Waals surface area contributed by atoms with Gasteiger partial charge in [0.25, 0.3) is 0 Å². The molecule has 1 aromatic heterocycles. The average Bonchev–Trinajstić information content (AvgIpc) is 2.69. The molecular formula is C19H24FN5O. The second kappa shape index (κ2) is 9.03. The van der Waals surface area contributed by atoms with Crippen LogP contribution in [0.25, 0.3) is 0 Å². The van der Waals surface area contributed by atoms with E-state index in [0.717, 1.165) is 38.0 Å². The Bertz CT molecular complexity index is 717. The van der Waals surface area contributed by atoms with E-state index in [4.69, 9.17) is 4.74 Å². The number of nitrogens with one attached hydrogen (secondary N) is 1. The van der Waals surface area contributed by atoms with Crippen LogP contribution in [0.15, 0.2) is 53.7 Å². The van der Waals surface area contributed by atoms with Crippen LogP contribution in [0.1, 0.15) is 0 Å². The summed E-state index contributed by atoms with van der Waals surface area (Å²) in [5.41, 5.74) is 0. The maximum Gasteiger partial charge on any atom is 0.193 e. The number of ether oxygens (including phenoxy) is 1. The lowest BCUT2D eigenvalue weighted by Crippen LogP contribution is -2.53. The first-order chi connectivity index (χ1) is 12.8. The van der Waals surface area contributed by atoms with Crippen LogP contribution in [-0.4, -0.2) is 62.2 Å². The van der Waals surface area contributed by atoms with Crippen LogP contribution in [-0.2, 0) is 0 Å². The van der Waals surface area contributed by atoms with Crippen molar-refractivity contribution in [1.29, 1.82) is 0 Å². The van der Waals surface area contributed by atoms with Crippen molar-refractivity contribution in [2.24, 2.45) is 4.99 Å². The third-order valence-corrected chi connectivity index (χ3v) is 4.21. The van der Waals surface area contributed by atoms with Crippen molar-refractivity contribution in [3.05, 3.63) is 54.5 Å². The SMILES string of the molecule is CN=C(NCCOc1cccc(F)c1)N1CCN(c2ccccn2)CC1. The van der Waals surface area contributed by atoms with Crippen LogP contribution in [0, 0.1) is 5.82 Å². The summed E-state index contributed by atoms with van der Waals surface area (Å²) in [5, 5.41) is 3.30. The van der Waals surface area contributed by atoms with E-state index in [1.54, 1.807) is 19.2 Å². The molecule has 138 valence electrons. The van der Waals surface area contributed by atoms with E-state index in [2.05, 4.69) is 25.1 Å². The zero-order valence-electron chi connectivity index (χ0n) is 14.9. The molecule has 1 aromatic carbocycles. The lowest BCUT2D eigenvalue weighted by molar-refractivity contribution is 0.313. The van der Waals surface area contributed by atoms with E-state index < -0.39 is 0 Å². The van der Waals surface area contributed by atoms with Gasteiger partial charge in [-0.05, 0) is 24.3 Å². The van der Waals surface area contributed by atoms with Gasteiger partial charge in [0.05, 0.1) is 6.54 Å². The first-order valence-corrected chi connectivity index (χ1v) is 8.76. The molecule has 0 spiro atoms. The molecular weight excluding hydrogens is 333 g/mol. The lowest BCUT2D eigenvalue weighted by atomic mass is 10.3. The summed E-state index contributed by atoms with van der Waals surface area (Å²) in [4.78, 5) is 13.3. The van der Waals surface area contributed by atoms with Gasteiger partial charge in [-0.3, -0.25) is 4.99 Å². The topological polar surface area (TPSA) is 53.0 Å². The molecule has 0 unspecified atom stereocenters. The van der Waals surface area contributed by atoms with Crippen molar-refractivity contribution >= 4 is 11.8 Å². The Morgan fingerprint density at radius 1 is 1.19 bits per heavy atom. The summed E-state index contributed by atoms with van der Waals surface area (Å²) >= 11 is 0. The number of guanidine groups is 1. The third-order valence-electron chi connectivity index (χ3n) is 4.21. The molecule has 2 aromatic rings. The zero-order chi connectivity index (χ0) is 18.2. The largest absolute Gasteiger partial charge is 0.492 e. The number of nitrogens with zero attached hydrogens (tertiary/aromatic N) is 4. The Morgan fingerprint density at radius 2 is 2.04 bits per heavy atom. The van der Waals surface area contributed by atoms with E-state index in [0.29, 0.717) is 18.9 Å². The van der Waals surface area contributed by atoms with Gasteiger partial charge in [0.1, 0.15) is 24.0 Å². The van der Waals surface area contributed by atoms with Gasteiger partial charge in [-0.2, -0.15) is 0 Å². The van der Waals surface area contributed by atoms with Gasteiger partial charge in [-0.25, -0.2) is 9.37 Å². The standard InChI is InChI=1S/C19H24FN5O/c1-21-19(23-9-14-26-17-6-4-5-16(20)15-17)25-12-10-24(11-13-25)18-7-2-3-8-22-18/h2-8,15H,9-14H2,1H3,(H,21,23). The van der Waals surface area contributed by atoms with Crippen LogP contribution in [0.2, 0.25) is 0 Å². The average molecular weight is 357 g/mol.